The fourth-order valence-corrected chi connectivity index (χ4v) is 3.27. The van der Waals surface area contributed by atoms with E-state index in [-0.39, 0.29) is 23.1 Å². The van der Waals surface area contributed by atoms with Gasteiger partial charge in [-0.3, -0.25) is 0 Å². The predicted molar refractivity (Wildman–Crippen MR) is 107 cm³/mol. The Morgan fingerprint density at radius 2 is 1.84 bits per heavy atom. The summed E-state index contributed by atoms with van der Waals surface area (Å²) < 4.78 is 44.7. The van der Waals surface area contributed by atoms with Crippen LogP contribution >= 0.6 is 0 Å². The molecule has 0 radical (unpaired) electrons. The number of hydrogen-bond donors (Lipinski definition) is 1. The van der Waals surface area contributed by atoms with Gasteiger partial charge in [0, 0.05) is 31.3 Å². The molecule has 1 aromatic rings. The standard InChI is InChI=1S/C23H20F3NO4/c1-5-6-7-8-12-31-22(30)19-15(3)27(4)14(2)18(21(28)29)20(19)16-10-9-11-17(13-16)23(24,25)26/h1,9-11,13,20H,6-7H2,2-4H3,(H,28,29). The molecule has 1 aliphatic rings. The number of hydrogen-bond acceptors (Lipinski definition) is 4. The molecule has 2 rings (SSSR count). The van der Waals surface area contributed by atoms with E-state index >= 15 is 0 Å². The van der Waals surface area contributed by atoms with Gasteiger partial charge in [-0.15, -0.1) is 12.3 Å². The maximum Gasteiger partial charge on any atom is 0.416 e. The van der Waals surface area contributed by atoms with Crippen LogP contribution < -0.4 is 0 Å². The van der Waals surface area contributed by atoms with E-state index < -0.39 is 29.6 Å². The van der Waals surface area contributed by atoms with Gasteiger partial charge >= 0.3 is 18.1 Å². The van der Waals surface area contributed by atoms with Crippen LogP contribution in [-0.4, -0.2) is 29.0 Å². The van der Waals surface area contributed by atoms with E-state index in [4.69, 9.17) is 11.2 Å². The van der Waals surface area contributed by atoms with Crippen LogP contribution in [0.3, 0.4) is 0 Å². The molecule has 1 aliphatic heterocycles. The van der Waals surface area contributed by atoms with Gasteiger partial charge in [-0.25, -0.2) is 9.59 Å². The molecule has 0 amide bonds. The lowest BCUT2D eigenvalue weighted by Crippen LogP contribution is -2.32. The number of aliphatic carboxylic acids is 1. The van der Waals surface area contributed by atoms with Gasteiger partial charge in [-0.05, 0) is 25.5 Å². The first-order valence-electron chi connectivity index (χ1n) is 9.18. The van der Waals surface area contributed by atoms with Crippen molar-refractivity contribution in [1.82, 2.24) is 4.90 Å². The van der Waals surface area contributed by atoms with Crippen LogP contribution in [0.4, 0.5) is 13.2 Å². The molecule has 31 heavy (non-hydrogen) atoms. The zero-order valence-corrected chi connectivity index (χ0v) is 17.1. The third-order valence-corrected chi connectivity index (χ3v) is 4.97. The maximum absolute atomic E-state index is 13.3. The molecule has 8 heteroatoms. The van der Waals surface area contributed by atoms with E-state index in [0.29, 0.717) is 17.8 Å². The maximum atomic E-state index is 13.3. The third kappa shape index (κ3) is 5.10. The second-order valence-electron chi connectivity index (χ2n) is 6.79. The highest BCUT2D eigenvalue weighted by Gasteiger charge is 2.40. The Morgan fingerprint density at radius 3 is 2.42 bits per heavy atom. The van der Waals surface area contributed by atoms with Crippen molar-refractivity contribution in [3.8, 4) is 24.4 Å². The number of esters is 1. The number of alkyl halides is 3. The monoisotopic (exact) mass is 431 g/mol. The Bertz CT molecular complexity index is 1060. The minimum absolute atomic E-state index is 0.00580. The van der Waals surface area contributed by atoms with Crippen LogP contribution in [0, 0.1) is 24.4 Å². The molecule has 0 spiro atoms. The number of unbranched alkanes of at least 4 members (excludes halogenated alkanes) is 1. The lowest BCUT2D eigenvalue weighted by molar-refractivity contribution is -0.137. The lowest BCUT2D eigenvalue weighted by atomic mass is 9.79. The number of carboxylic acid groups (broad SMARTS) is 1. The Kier molecular flexibility index (Phi) is 7.20. The number of benzene rings is 1. The summed E-state index contributed by atoms with van der Waals surface area (Å²) in [5.41, 5.74) is -0.628. The number of halogens is 3. The molecule has 1 N–H and O–H groups in total. The van der Waals surface area contributed by atoms with E-state index in [0.717, 1.165) is 12.1 Å². The molecule has 5 nitrogen and oxygen atoms in total. The summed E-state index contributed by atoms with van der Waals surface area (Å²) in [5.74, 6) is 1.38. The van der Waals surface area contributed by atoms with Crippen LogP contribution in [0.5, 0.6) is 0 Å². The normalized spacial score (nSPS) is 16.4. The number of terminal acetylenes is 1. The molecule has 162 valence electrons. The summed E-state index contributed by atoms with van der Waals surface area (Å²) in [6, 6.07) is 4.23. The Balaban J connectivity index is 2.62. The molecule has 0 saturated carbocycles. The van der Waals surface area contributed by atoms with Gasteiger partial charge in [0.2, 0.25) is 0 Å². The molecule has 0 aliphatic carbocycles. The van der Waals surface area contributed by atoms with Gasteiger partial charge in [-0.2, -0.15) is 13.2 Å². The minimum atomic E-state index is -4.63. The number of carboxylic acids is 1. The first-order valence-corrected chi connectivity index (χ1v) is 9.18. The van der Waals surface area contributed by atoms with Crippen LogP contribution in [-0.2, 0) is 20.5 Å². The highest BCUT2D eigenvalue weighted by Crippen LogP contribution is 2.43. The van der Waals surface area contributed by atoms with Crippen LogP contribution in [0.1, 0.15) is 43.7 Å². The van der Waals surface area contributed by atoms with Crippen molar-refractivity contribution >= 4 is 11.9 Å². The van der Waals surface area contributed by atoms with Crippen LogP contribution in [0.2, 0.25) is 0 Å². The largest absolute Gasteiger partial charge is 0.478 e. The number of carbonyl (C=O) groups is 2. The molecular weight excluding hydrogens is 411 g/mol. The van der Waals surface area contributed by atoms with Crippen molar-refractivity contribution in [2.45, 2.75) is 38.8 Å². The number of nitrogens with zero attached hydrogens (tertiary/aromatic N) is 1. The third-order valence-electron chi connectivity index (χ3n) is 4.97. The minimum Gasteiger partial charge on any atom is -0.478 e. The molecule has 1 unspecified atom stereocenters. The number of rotatable bonds is 4. The fraction of sp³-hybridized carbons (Fsp3) is 0.304. The summed E-state index contributed by atoms with van der Waals surface area (Å²) in [6.45, 7) is 3.08. The van der Waals surface area contributed by atoms with Crippen molar-refractivity contribution < 1.29 is 32.6 Å². The zero-order valence-electron chi connectivity index (χ0n) is 17.1. The number of allylic oxidation sites excluding steroid dienone is 2. The van der Waals surface area contributed by atoms with E-state index in [9.17, 15) is 27.9 Å². The van der Waals surface area contributed by atoms with E-state index in [1.807, 2.05) is 0 Å². The number of carbonyl (C=O) groups excluding carboxylic acids is 1. The fourth-order valence-electron chi connectivity index (χ4n) is 3.27. The average molecular weight is 431 g/mol. The molecule has 1 atom stereocenters. The zero-order chi connectivity index (χ0) is 23.3. The van der Waals surface area contributed by atoms with Crippen molar-refractivity contribution in [3.63, 3.8) is 0 Å². The van der Waals surface area contributed by atoms with Crippen molar-refractivity contribution in [2.75, 3.05) is 7.05 Å². The number of ether oxygens (including phenoxy) is 1. The molecule has 0 fully saturated rings. The molecule has 1 heterocycles. The van der Waals surface area contributed by atoms with E-state index in [1.165, 1.54) is 24.0 Å². The van der Waals surface area contributed by atoms with Gasteiger partial charge in [-0.1, -0.05) is 24.1 Å². The molecule has 0 bridgehead atoms. The second kappa shape index (κ2) is 9.44. The first kappa shape index (κ1) is 23.6. The Labute approximate surface area is 178 Å². The summed E-state index contributed by atoms with van der Waals surface area (Å²) >= 11 is 0. The van der Waals surface area contributed by atoms with Gasteiger partial charge in [0.05, 0.1) is 22.6 Å². The SMILES string of the molecule is C#CCCC#COC(=O)C1=C(C)N(C)C(C)=C(C(=O)O)C1c1cccc(C(F)(F)F)c1. The molecule has 1 aromatic carbocycles. The quantitative estimate of drug-likeness (QED) is 0.438. The predicted octanol–water partition coefficient (Wildman–Crippen LogP) is 4.28. The lowest BCUT2D eigenvalue weighted by Gasteiger charge is -2.35. The Morgan fingerprint density at radius 1 is 1.19 bits per heavy atom. The Hall–Kier alpha value is -3.65. The van der Waals surface area contributed by atoms with Crippen molar-refractivity contribution in [3.05, 3.63) is 57.9 Å². The smallest absolute Gasteiger partial charge is 0.416 e. The summed E-state index contributed by atoms with van der Waals surface area (Å²) in [7, 11) is 1.56. The topological polar surface area (TPSA) is 66.8 Å². The molecule has 0 saturated heterocycles. The average Bonchev–Trinajstić information content (AvgIpc) is 2.70. The van der Waals surface area contributed by atoms with Gasteiger partial charge < -0.3 is 14.7 Å². The van der Waals surface area contributed by atoms with Gasteiger partial charge in [0.25, 0.3) is 0 Å². The molecular formula is C23H20F3NO4. The summed E-state index contributed by atoms with van der Waals surface area (Å²) in [6.07, 6.45) is 3.36. The van der Waals surface area contributed by atoms with E-state index in [2.05, 4.69) is 17.9 Å². The van der Waals surface area contributed by atoms with Crippen molar-refractivity contribution in [1.29, 1.82) is 0 Å². The van der Waals surface area contributed by atoms with Crippen molar-refractivity contribution in [2.24, 2.45) is 0 Å². The van der Waals surface area contributed by atoms with E-state index in [1.54, 1.807) is 14.0 Å². The van der Waals surface area contributed by atoms with Gasteiger partial charge in [0.1, 0.15) is 6.11 Å². The van der Waals surface area contributed by atoms with Crippen LogP contribution in [0.15, 0.2) is 46.8 Å². The molecule has 0 aromatic heterocycles. The second-order valence-corrected chi connectivity index (χ2v) is 6.79. The summed E-state index contributed by atoms with van der Waals surface area (Å²) in [4.78, 5) is 26.4. The highest BCUT2D eigenvalue weighted by molar-refractivity contribution is 5.99. The van der Waals surface area contributed by atoms with Gasteiger partial charge in [0.15, 0.2) is 0 Å². The first-order chi connectivity index (χ1) is 14.5. The van der Waals surface area contributed by atoms with Crippen LogP contribution in [0.25, 0.3) is 0 Å². The highest BCUT2D eigenvalue weighted by atomic mass is 19.4. The summed E-state index contributed by atoms with van der Waals surface area (Å²) in [5, 5.41) is 9.82.